The summed E-state index contributed by atoms with van der Waals surface area (Å²) in [4.78, 5) is 8.57. The number of fused-ring (bicyclic) bond motifs is 1. The fourth-order valence-electron chi connectivity index (χ4n) is 2.12. The highest BCUT2D eigenvalue weighted by atomic mass is 35.5. The molecule has 0 spiro atoms. The highest BCUT2D eigenvalue weighted by molar-refractivity contribution is 6.44. The summed E-state index contributed by atoms with van der Waals surface area (Å²) < 4.78 is 13.5. The Kier molecular flexibility index (Phi) is 3.74. The molecule has 0 aliphatic carbocycles. The van der Waals surface area contributed by atoms with Crippen molar-refractivity contribution in [2.24, 2.45) is 0 Å². The van der Waals surface area contributed by atoms with Crippen LogP contribution < -0.4 is 0 Å². The number of nitrogens with zero attached hydrogens (tertiary/aromatic N) is 2. The highest BCUT2D eigenvalue weighted by Gasteiger charge is 2.14. The van der Waals surface area contributed by atoms with Crippen molar-refractivity contribution < 1.29 is 4.39 Å². The predicted octanol–water partition coefficient (Wildman–Crippen LogP) is 5.70. The SMILES string of the molecule is Cc1cc(F)cc(-c2nc(Cl)c3c(Cl)ccc(Cl)c3n2)c1. The van der Waals surface area contributed by atoms with Gasteiger partial charge in [0.25, 0.3) is 0 Å². The van der Waals surface area contributed by atoms with Crippen LogP contribution in [-0.4, -0.2) is 9.97 Å². The summed E-state index contributed by atoms with van der Waals surface area (Å²) in [7, 11) is 0. The number of aromatic nitrogens is 2. The minimum atomic E-state index is -0.359. The van der Waals surface area contributed by atoms with Gasteiger partial charge in [-0.25, -0.2) is 14.4 Å². The van der Waals surface area contributed by atoms with Crippen LogP contribution in [0, 0.1) is 12.7 Å². The number of hydrogen-bond acceptors (Lipinski definition) is 2. The molecule has 0 saturated heterocycles. The molecule has 106 valence electrons. The lowest BCUT2D eigenvalue weighted by atomic mass is 10.1. The molecular formula is C15H8Cl3FN2. The van der Waals surface area contributed by atoms with Gasteiger partial charge in [-0.2, -0.15) is 0 Å². The van der Waals surface area contributed by atoms with Gasteiger partial charge < -0.3 is 0 Å². The number of hydrogen-bond donors (Lipinski definition) is 0. The van der Waals surface area contributed by atoms with Crippen LogP contribution in [0.15, 0.2) is 30.3 Å². The maximum Gasteiger partial charge on any atom is 0.161 e. The largest absolute Gasteiger partial charge is 0.226 e. The van der Waals surface area contributed by atoms with Crippen molar-refractivity contribution >= 4 is 45.7 Å². The minimum Gasteiger partial charge on any atom is -0.226 e. The van der Waals surface area contributed by atoms with Gasteiger partial charge in [0, 0.05) is 5.56 Å². The molecule has 3 aromatic rings. The van der Waals surface area contributed by atoms with Gasteiger partial charge in [-0.3, -0.25) is 0 Å². The third-order valence-electron chi connectivity index (χ3n) is 3.01. The first-order valence-corrected chi connectivity index (χ1v) is 7.18. The van der Waals surface area contributed by atoms with Crippen LogP contribution in [-0.2, 0) is 0 Å². The smallest absolute Gasteiger partial charge is 0.161 e. The lowest BCUT2D eigenvalue weighted by Gasteiger charge is -2.08. The summed E-state index contributed by atoms with van der Waals surface area (Å²) >= 11 is 18.4. The van der Waals surface area contributed by atoms with Gasteiger partial charge in [0.1, 0.15) is 11.0 Å². The van der Waals surface area contributed by atoms with E-state index >= 15 is 0 Å². The van der Waals surface area contributed by atoms with E-state index in [-0.39, 0.29) is 11.0 Å². The van der Waals surface area contributed by atoms with E-state index in [0.29, 0.717) is 32.3 Å². The van der Waals surface area contributed by atoms with E-state index in [0.717, 1.165) is 5.56 Å². The molecule has 0 atom stereocenters. The lowest BCUT2D eigenvalue weighted by Crippen LogP contribution is -1.94. The van der Waals surface area contributed by atoms with Crippen LogP contribution in [0.1, 0.15) is 5.56 Å². The fourth-order valence-corrected chi connectivity index (χ4v) is 2.88. The molecule has 2 nitrogen and oxygen atoms in total. The predicted molar refractivity (Wildman–Crippen MR) is 84.7 cm³/mol. The first-order chi connectivity index (χ1) is 9.95. The van der Waals surface area contributed by atoms with E-state index in [2.05, 4.69) is 9.97 Å². The van der Waals surface area contributed by atoms with Gasteiger partial charge in [-0.05, 0) is 42.8 Å². The van der Waals surface area contributed by atoms with Crippen molar-refractivity contribution in [3.8, 4) is 11.4 Å². The summed E-state index contributed by atoms with van der Waals surface area (Å²) in [6.07, 6.45) is 0. The van der Waals surface area contributed by atoms with Gasteiger partial charge in [-0.1, -0.05) is 34.8 Å². The van der Waals surface area contributed by atoms with E-state index in [1.165, 1.54) is 12.1 Å². The third kappa shape index (κ3) is 2.69. The molecule has 0 aliphatic heterocycles. The van der Waals surface area contributed by atoms with Crippen LogP contribution >= 0.6 is 34.8 Å². The Morgan fingerprint density at radius 3 is 2.38 bits per heavy atom. The molecule has 0 aliphatic rings. The summed E-state index contributed by atoms with van der Waals surface area (Å²) in [5, 5.41) is 1.50. The van der Waals surface area contributed by atoms with Gasteiger partial charge in [0.15, 0.2) is 5.82 Å². The molecule has 6 heteroatoms. The Bertz CT molecular complexity index is 845. The average molecular weight is 342 g/mol. The summed E-state index contributed by atoms with van der Waals surface area (Å²) in [5.41, 5.74) is 1.75. The molecular weight excluding hydrogens is 334 g/mol. The molecule has 1 heterocycles. The molecule has 21 heavy (non-hydrogen) atoms. The zero-order valence-corrected chi connectivity index (χ0v) is 13.1. The van der Waals surface area contributed by atoms with Gasteiger partial charge in [0.2, 0.25) is 0 Å². The fraction of sp³-hybridized carbons (Fsp3) is 0.0667. The second-order valence-corrected chi connectivity index (χ2v) is 5.78. The summed E-state index contributed by atoms with van der Waals surface area (Å²) in [6, 6.07) is 7.82. The molecule has 0 bridgehead atoms. The molecule has 0 saturated carbocycles. The molecule has 0 amide bonds. The number of benzene rings is 2. The van der Waals surface area contributed by atoms with Crippen molar-refractivity contribution in [3.05, 3.63) is 56.9 Å². The number of halogens is 4. The van der Waals surface area contributed by atoms with E-state index in [1.807, 2.05) is 0 Å². The Labute approximate surface area is 135 Å². The van der Waals surface area contributed by atoms with Crippen LogP contribution in [0.4, 0.5) is 4.39 Å². The highest BCUT2D eigenvalue weighted by Crippen LogP contribution is 2.34. The van der Waals surface area contributed by atoms with Crippen molar-refractivity contribution in [1.29, 1.82) is 0 Å². The van der Waals surface area contributed by atoms with Gasteiger partial charge in [-0.15, -0.1) is 0 Å². The van der Waals surface area contributed by atoms with Crippen LogP contribution in [0.25, 0.3) is 22.3 Å². The topological polar surface area (TPSA) is 25.8 Å². The first kappa shape index (κ1) is 14.5. The maximum absolute atomic E-state index is 13.5. The van der Waals surface area contributed by atoms with Crippen molar-refractivity contribution in [2.45, 2.75) is 6.92 Å². The number of aryl methyl sites for hydroxylation is 1. The molecule has 3 rings (SSSR count). The van der Waals surface area contributed by atoms with Crippen LogP contribution in [0.3, 0.4) is 0 Å². The molecule has 0 radical (unpaired) electrons. The van der Waals surface area contributed by atoms with Crippen molar-refractivity contribution in [3.63, 3.8) is 0 Å². The molecule has 1 aromatic heterocycles. The Balaban J connectivity index is 2.32. The summed E-state index contributed by atoms with van der Waals surface area (Å²) in [6.45, 7) is 1.79. The number of rotatable bonds is 1. The lowest BCUT2D eigenvalue weighted by molar-refractivity contribution is 0.627. The first-order valence-electron chi connectivity index (χ1n) is 6.04. The zero-order chi connectivity index (χ0) is 15.1. The normalized spacial score (nSPS) is 11.1. The summed E-state index contributed by atoms with van der Waals surface area (Å²) in [5.74, 6) is -0.0544. The maximum atomic E-state index is 13.5. The third-order valence-corrected chi connectivity index (χ3v) is 3.90. The van der Waals surface area contributed by atoms with E-state index in [9.17, 15) is 4.39 Å². The second kappa shape index (κ2) is 5.41. The zero-order valence-electron chi connectivity index (χ0n) is 10.8. The Morgan fingerprint density at radius 1 is 0.952 bits per heavy atom. The van der Waals surface area contributed by atoms with Gasteiger partial charge in [0.05, 0.1) is 20.9 Å². The molecule has 0 N–H and O–H groups in total. The minimum absolute atomic E-state index is 0.185. The van der Waals surface area contributed by atoms with Crippen molar-refractivity contribution in [1.82, 2.24) is 9.97 Å². The standard InChI is InChI=1S/C15H8Cl3FN2/c1-7-4-8(6-9(19)5-7)15-20-13-11(17)3-2-10(16)12(13)14(18)21-15/h2-6H,1H3. The Hall–Kier alpha value is -1.42. The second-order valence-electron chi connectivity index (χ2n) is 4.61. The van der Waals surface area contributed by atoms with Crippen LogP contribution in [0.5, 0.6) is 0 Å². The quantitative estimate of drug-likeness (QED) is 0.530. The monoisotopic (exact) mass is 340 g/mol. The van der Waals surface area contributed by atoms with Gasteiger partial charge >= 0.3 is 0 Å². The molecule has 0 unspecified atom stereocenters. The van der Waals surface area contributed by atoms with E-state index in [1.54, 1.807) is 25.1 Å². The molecule has 2 aromatic carbocycles. The van der Waals surface area contributed by atoms with E-state index in [4.69, 9.17) is 34.8 Å². The molecule has 0 fully saturated rings. The van der Waals surface area contributed by atoms with Crippen LogP contribution in [0.2, 0.25) is 15.2 Å². The van der Waals surface area contributed by atoms with Crippen molar-refractivity contribution in [2.75, 3.05) is 0 Å². The Morgan fingerprint density at radius 2 is 1.67 bits per heavy atom. The van der Waals surface area contributed by atoms with E-state index < -0.39 is 0 Å². The average Bonchev–Trinajstić information content (AvgIpc) is 2.41.